The summed E-state index contributed by atoms with van der Waals surface area (Å²) in [6, 6.07) is 15.2. The molecule has 1 aliphatic rings. The largest absolute Gasteiger partial charge is 0.497 e. The lowest BCUT2D eigenvalue weighted by molar-refractivity contribution is 0.340. The summed E-state index contributed by atoms with van der Waals surface area (Å²) in [6.07, 6.45) is 0. The van der Waals surface area contributed by atoms with Gasteiger partial charge in [0, 0.05) is 5.56 Å². The number of nitrogens with two attached hydrogens (primary N) is 1. The maximum Gasteiger partial charge on any atom is 0.244 e. The van der Waals surface area contributed by atoms with Crippen molar-refractivity contribution in [1.82, 2.24) is 10.2 Å². The minimum absolute atomic E-state index is 0.0320. The number of benzene rings is 2. The monoisotopic (exact) mass is 418 g/mol. The zero-order valence-corrected chi connectivity index (χ0v) is 17.4. The van der Waals surface area contributed by atoms with Gasteiger partial charge in [-0.15, -0.1) is 5.10 Å². The molecule has 4 rings (SSSR count). The lowest BCUT2D eigenvalue weighted by atomic mass is 9.83. The van der Waals surface area contributed by atoms with Crippen LogP contribution in [0.2, 0.25) is 0 Å². The molecule has 2 heterocycles. The van der Waals surface area contributed by atoms with E-state index in [1.807, 2.05) is 49.4 Å². The van der Waals surface area contributed by atoms with E-state index in [-0.39, 0.29) is 5.88 Å². The second-order valence-electron chi connectivity index (χ2n) is 6.81. The van der Waals surface area contributed by atoms with Crippen molar-refractivity contribution in [1.29, 1.82) is 5.26 Å². The molecule has 31 heavy (non-hydrogen) atoms. The van der Waals surface area contributed by atoms with Gasteiger partial charge >= 0.3 is 0 Å². The summed E-state index contributed by atoms with van der Waals surface area (Å²) in [5, 5.41) is 17.2. The standard InChI is InChI=1S/C23H22N4O4/c1-4-30-14-7-5-13(6-8-14)19-17(12-24)22(25)31-23-20(19)21(26-27-23)16-11-15(28-2)9-10-18(16)29-3/h5-11,19H,4,25H2,1-3H3,(H,26,27). The van der Waals surface area contributed by atoms with Crippen LogP contribution >= 0.6 is 0 Å². The van der Waals surface area contributed by atoms with Crippen LogP contribution in [0.5, 0.6) is 23.1 Å². The molecule has 0 spiro atoms. The molecule has 1 aliphatic heterocycles. The number of fused-ring (bicyclic) bond motifs is 1. The third kappa shape index (κ3) is 3.51. The van der Waals surface area contributed by atoms with E-state index in [1.165, 1.54) is 0 Å². The van der Waals surface area contributed by atoms with Crippen molar-refractivity contribution in [2.24, 2.45) is 5.73 Å². The summed E-state index contributed by atoms with van der Waals surface area (Å²) in [5.41, 5.74) is 9.32. The molecule has 8 heteroatoms. The van der Waals surface area contributed by atoms with Crippen molar-refractivity contribution < 1.29 is 18.9 Å². The minimum Gasteiger partial charge on any atom is -0.497 e. The van der Waals surface area contributed by atoms with Gasteiger partial charge in [0.05, 0.1) is 38.0 Å². The maximum absolute atomic E-state index is 9.87. The maximum atomic E-state index is 9.87. The quantitative estimate of drug-likeness (QED) is 0.627. The number of aromatic nitrogens is 2. The van der Waals surface area contributed by atoms with E-state index < -0.39 is 5.92 Å². The SMILES string of the molecule is CCOc1ccc(C2C(C#N)=C(N)Oc3n[nH]c(-c4cc(OC)ccc4OC)c32)cc1. The zero-order chi connectivity index (χ0) is 22.0. The topological polar surface area (TPSA) is 115 Å². The van der Waals surface area contributed by atoms with Gasteiger partial charge in [-0.2, -0.15) is 5.26 Å². The van der Waals surface area contributed by atoms with Crippen molar-refractivity contribution in [3.63, 3.8) is 0 Å². The first-order valence-corrected chi connectivity index (χ1v) is 9.72. The molecule has 0 aliphatic carbocycles. The lowest BCUT2D eigenvalue weighted by Gasteiger charge is -2.24. The van der Waals surface area contributed by atoms with Crippen LogP contribution < -0.4 is 24.7 Å². The molecule has 1 aromatic heterocycles. The molecule has 0 saturated carbocycles. The summed E-state index contributed by atoms with van der Waals surface area (Å²) in [4.78, 5) is 0. The summed E-state index contributed by atoms with van der Waals surface area (Å²) < 4.78 is 22.2. The number of rotatable bonds is 6. The molecule has 158 valence electrons. The van der Waals surface area contributed by atoms with Gasteiger partial charge in [0.2, 0.25) is 11.8 Å². The minimum atomic E-state index is -0.478. The van der Waals surface area contributed by atoms with E-state index >= 15 is 0 Å². The number of allylic oxidation sites excluding steroid dienone is 1. The van der Waals surface area contributed by atoms with Crippen molar-refractivity contribution >= 4 is 0 Å². The van der Waals surface area contributed by atoms with Crippen LogP contribution in [0.4, 0.5) is 0 Å². The van der Waals surface area contributed by atoms with E-state index in [0.717, 1.165) is 16.9 Å². The predicted octanol–water partition coefficient (Wildman–Crippen LogP) is 3.71. The molecular weight excluding hydrogens is 396 g/mol. The number of H-pyrrole nitrogens is 1. The van der Waals surface area contributed by atoms with Crippen LogP contribution in [0, 0.1) is 11.3 Å². The van der Waals surface area contributed by atoms with Crippen LogP contribution in [-0.4, -0.2) is 31.0 Å². The number of hydrogen-bond donors (Lipinski definition) is 2. The van der Waals surface area contributed by atoms with Gasteiger partial charge in [-0.05, 0) is 42.8 Å². The Balaban J connectivity index is 1.91. The Hall–Kier alpha value is -4.12. The summed E-state index contributed by atoms with van der Waals surface area (Å²) in [7, 11) is 3.18. The zero-order valence-electron chi connectivity index (χ0n) is 17.4. The number of aromatic amines is 1. The Morgan fingerprint density at radius 3 is 2.52 bits per heavy atom. The van der Waals surface area contributed by atoms with Crippen molar-refractivity contribution in [3.8, 4) is 40.5 Å². The van der Waals surface area contributed by atoms with Crippen LogP contribution in [0.3, 0.4) is 0 Å². The average molecular weight is 418 g/mol. The Morgan fingerprint density at radius 2 is 1.87 bits per heavy atom. The second kappa shape index (κ2) is 8.32. The number of nitrogens with one attached hydrogen (secondary N) is 1. The fourth-order valence-corrected chi connectivity index (χ4v) is 3.72. The van der Waals surface area contributed by atoms with Crippen molar-refractivity contribution in [3.05, 3.63) is 65.0 Å². The molecule has 1 unspecified atom stereocenters. The van der Waals surface area contributed by atoms with E-state index in [9.17, 15) is 5.26 Å². The molecular formula is C23H22N4O4. The summed E-state index contributed by atoms with van der Waals surface area (Å²) in [6.45, 7) is 2.49. The molecule has 0 bridgehead atoms. The van der Waals surface area contributed by atoms with Crippen molar-refractivity contribution in [2.45, 2.75) is 12.8 Å². The Labute approximate surface area is 179 Å². The van der Waals surface area contributed by atoms with Gasteiger partial charge in [0.1, 0.15) is 28.9 Å². The number of nitriles is 1. The molecule has 0 radical (unpaired) electrons. The average Bonchev–Trinajstić information content (AvgIpc) is 3.21. The molecule has 0 amide bonds. The first-order valence-electron chi connectivity index (χ1n) is 9.72. The van der Waals surface area contributed by atoms with Crippen molar-refractivity contribution in [2.75, 3.05) is 20.8 Å². The Kier molecular flexibility index (Phi) is 5.41. The van der Waals surface area contributed by atoms with Crippen LogP contribution in [0.15, 0.2) is 53.9 Å². The lowest BCUT2D eigenvalue weighted by Crippen LogP contribution is -2.21. The number of nitrogens with zero attached hydrogens (tertiary/aromatic N) is 2. The normalized spacial score (nSPS) is 15.0. The predicted molar refractivity (Wildman–Crippen MR) is 114 cm³/mol. The third-order valence-corrected chi connectivity index (χ3v) is 5.14. The van der Waals surface area contributed by atoms with Gasteiger partial charge in [-0.1, -0.05) is 12.1 Å². The summed E-state index contributed by atoms with van der Waals surface area (Å²) in [5.74, 6) is 1.90. The first kappa shape index (κ1) is 20.2. The fourth-order valence-electron chi connectivity index (χ4n) is 3.72. The Bertz CT molecular complexity index is 1180. The third-order valence-electron chi connectivity index (χ3n) is 5.14. The van der Waals surface area contributed by atoms with E-state index in [4.69, 9.17) is 24.7 Å². The van der Waals surface area contributed by atoms with Gasteiger partial charge in [0.25, 0.3) is 0 Å². The molecule has 0 saturated heterocycles. The second-order valence-corrected chi connectivity index (χ2v) is 6.81. The highest BCUT2D eigenvalue weighted by Crippen LogP contribution is 2.47. The highest BCUT2D eigenvalue weighted by molar-refractivity contribution is 5.76. The highest BCUT2D eigenvalue weighted by atomic mass is 16.5. The molecule has 1 atom stereocenters. The van der Waals surface area contributed by atoms with Gasteiger partial charge < -0.3 is 24.7 Å². The van der Waals surface area contributed by atoms with E-state index in [0.29, 0.717) is 40.8 Å². The highest BCUT2D eigenvalue weighted by Gasteiger charge is 2.36. The summed E-state index contributed by atoms with van der Waals surface area (Å²) >= 11 is 0. The first-order chi connectivity index (χ1) is 15.1. The molecule has 2 aromatic carbocycles. The van der Waals surface area contributed by atoms with Crippen LogP contribution in [0.1, 0.15) is 24.0 Å². The molecule has 3 N–H and O–H groups in total. The smallest absolute Gasteiger partial charge is 0.244 e. The Morgan fingerprint density at radius 1 is 1.13 bits per heavy atom. The molecule has 3 aromatic rings. The molecule has 8 nitrogen and oxygen atoms in total. The van der Waals surface area contributed by atoms with Crippen LogP contribution in [-0.2, 0) is 0 Å². The number of hydrogen-bond acceptors (Lipinski definition) is 7. The van der Waals surface area contributed by atoms with Gasteiger partial charge in [-0.3, -0.25) is 5.10 Å². The van der Waals surface area contributed by atoms with Gasteiger partial charge in [-0.25, -0.2) is 0 Å². The van der Waals surface area contributed by atoms with E-state index in [1.54, 1.807) is 14.2 Å². The molecule has 0 fully saturated rings. The fraction of sp³-hybridized carbons (Fsp3) is 0.217. The van der Waals surface area contributed by atoms with E-state index in [2.05, 4.69) is 16.3 Å². The van der Waals surface area contributed by atoms with Crippen LogP contribution in [0.25, 0.3) is 11.3 Å². The number of ether oxygens (including phenoxy) is 4. The van der Waals surface area contributed by atoms with Gasteiger partial charge in [0.15, 0.2) is 0 Å². The number of methoxy groups -OCH3 is 2.